The normalized spacial score (nSPS) is 20.1. The number of hydrogen-bond acceptors (Lipinski definition) is 2. The minimum atomic E-state index is -0.482. The molecule has 1 unspecified atom stereocenters. The summed E-state index contributed by atoms with van der Waals surface area (Å²) in [5.74, 6) is 0.579. The van der Waals surface area contributed by atoms with Crippen LogP contribution in [0.4, 0.5) is 0 Å². The molecule has 2 N–H and O–H groups in total. The maximum Gasteiger partial charge on any atom is 0.0771 e. The molecule has 0 aliphatic heterocycles. The number of hydrogen-bond donors (Lipinski definition) is 2. The summed E-state index contributed by atoms with van der Waals surface area (Å²) in [7, 11) is 0. The van der Waals surface area contributed by atoms with Crippen molar-refractivity contribution in [3.63, 3.8) is 0 Å². The van der Waals surface area contributed by atoms with Crippen LogP contribution in [-0.2, 0) is 0 Å². The van der Waals surface area contributed by atoms with Gasteiger partial charge >= 0.3 is 0 Å². The van der Waals surface area contributed by atoms with Crippen LogP contribution in [0.1, 0.15) is 76.0 Å². The predicted octanol–water partition coefficient (Wildman–Crippen LogP) is 4.16. The zero-order valence-corrected chi connectivity index (χ0v) is 13.2. The topological polar surface area (TPSA) is 32.3 Å². The molecule has 0 saturated heterocycles. The highest BCUT2D eigenvalue weighted by molar-refractivity contribution is 5.26. The van der Waals surface area contributed by atoms with Crippen LogP contribution >= 0.6 is 0 Å². The minimum absolute atomic E-state index is 0.294. The molecule has 1 fully saturated rings. The summed E-state index contributed by atoms with van der Waals surface area (Å²) in [5.41, 5.74) is 2.20. The van der Waals surface area contributed by atoms with Gasteiger partial charge in [0.05, 0.1) is 5.60 Å². The van der Waals surface area contributed by atoms with Gasteiger partial charge in [0.1, 0.15) is 0 Å². The molecular formula is C18H29NO. The minimum Gasteiger partial charge on any atom is -0.389 e. The molecule has 0 radical (unpaired) electrons. The van der Waals surface area contributed by atoms with Gasteiger partial charge in [-0.3, -0.25) is 0 Å². The van der Waals surface area contributed by atoms with Gasteiger partial charge in [-0.25, -0.2) is 0 Å². The van der Waals surface area contributed by atoms with Crippen molar-refractivity contribution in [2.45, 2.75) is 70.4 Å². The number of benzene rings is 1. The van der Waals surface area contributed by atoms with Gasteiger partial charge in [-0.1, -0.05) is 57.4 Å². The Bertz CT molecular complexity index is 404. The highest BCUT2D eigenvalue weighted by atomic mass is 16.3. The van der Waals surface area contributed by atoms with Crippen LogP contribution in [0.5, 0.6) is 0 Å². The van der Waals surface area contributed by atoms with E-state index in [1.807, 2.05) is 0 Å². The van der Waals surface area contributed by atoms with E-state index in [9.17, 15) is 5.11 Å². The Kier molecular flexibility index (Phi) is 5.22. The Hall–Kier alpha value is -0.860. The molecule has 0 aromatic heterocycles. The fraction of sp³-hybridized carbons (Fsp3) is 0.667. The molecule has 1 atom stereocenters. The second-order valence-electron chi connectivity index (χ2n) is 6.71. The number of aliphatic hydroxyl groups is 1. The lowest BCUT2D eigenvalue weighted by molar-refractivity contribution is 0.00300. The zero-order valence-electron chi connectivity index (χ0n) is 13.2. The molecule has 20 heavy (non-hydrogen) atoms. The SMILES string of the molecule is CC(C)c1ccc(C(C)NCC2(O)CCCCC2)cc1. The highest BCUT2D eigenvalue weighted by Gasteiger charge is 2.29. The third kappa shape index (κ3) is 4.07. The van der Waals surface area contributed by atoms with Crippen LogP contribution in [0.25, 0.3) is 0 Å². The van der Waals surface area contributed by atoms with E-state index in [1.165, 1.54) is 17.5 Å². The first-order valence-electron chi connectivity index (χ1n) is 8.06. The van der Waals surface area contributed by atoms with Gasteiger partial charge in [-0.15, -0.1) is 0 Å². The van der Waals surface area contributed by atoms with Gasteiger partial charge in [-0.2, -0.15) is 0 Å². The molecule has 112 valence electrons. The molecule has 0 spiro atoms. The first-order valence-corrected chi connectivity index (χ1v) is 8.06. The van der Waals surface area contributed by atoms with Crippen molar-refractivity contribution < 1.29 is 5.11 Å². The summed E-state index contributed by atoms with van der Waals surface area (Å²) in [6.07, 6.45) is 5.48. The van der Waals surface area contributed by atoms with Crippen LogP contribution in [0.15, 0.2) is 24.3 Å². The van der Waals surface area contributed by atoms with Crippen LogP contribution in [0, 0.1) is 0 Å². The quantitative estimate of drug-likeness (QED) is 0.846. The zero-order chi connectivity index (χ0) is 14.6. The van der Waals surface area contributed by atoms with E-state index >= 15 is 0 Å². The average molecular weight is 275 g/mol. The Labute approximate surface area is 123 Å². The fourth-order valence-corrected chi connectivity index (χ4v) is 3.02. The van der Waals surface area contributed by atoms with Gasteiger partial charge < -0.3 is 10.4 Å². The summed E-state index contributed by atoms with van der Waals surface area (Å²) >= 11 is 0. The molecule has 1 aromatic rings. The van der Waals surface area contributed by atoms with Crippen molar-refractivity contribution in [2.24, 2.45) is 0 Å². The second-order valence-corrected chi connectivity index (χ2v) is 6.71. The highest BCUT2D eigenvalue weighted by Crippen LogP contribution is 2.28. The summed E-state index contributed by atoms with van der Waals surface area (Å²) in [5, 5.41) is 14.0. The molecule has 0 heterocycles. The molecule has 2 rings (SSSR count). The maximum atomic E-state index is 10.5. The Morgan fingerprint density at radius 2 is 1.55 bits per heavy atom. The second kappa shape index (κ2) is 6.73. The van der Waals surface area contributed by atoms with Crippen molar-refractivity contribution >= 4 is 0 Å². The summed E-state index contributed by atoms with van der Waals surface area (Å²) in [6.45, 7) is 7.32. The van der Waals surface area contributed by atoms with Crippen LogP contribution < -0.4 is 5.32 Å². The van der Waals surface area contributed by atoms with E-state index in [-0.39, 0.29) is 0 Å². The monoisotopic (exact) mass is 275 g/mol. The van der Waals surface area contributed by atoms with E-state index in [1.54, 1.807) is 0 Å². The first kappa shape index (κ1) is 15.5. The van der Waals surface area contributed by atoms with Crippen molar-refractivity contribution in [3.8, 4) is 0 Å². The summed E-state index contributed by atoms with van der Waals surface area (Å²) in [6, 6.07) is 9.14. The molecular weight excluding hydrogens is 246 g/mol. The predicted molar refractivity (Wildman–Crippen MR) is 85.0 cm³/mol. The lowest BCUT2D eigenvalue weighted by Gasteiger charge is -2.33. The van der Waals surface area contributed by atoms with E-state index in [0.29, 0.717) is 18.5 Å². The van der Waals surface area contributed by atoms with Gasteiger partial charge in [0.2, 0.25) is 0 Å². The number of rotatable bonds is 5. The van der Waals surface area contributed by atoms with Crippen LogP contribution in [0.3, 0.4) is 0 Å². The van der Waals surface area contributed by atoms with Gasteiger partial charge in [0.25, 0.3) is 0 Å². The van der Waals surface area contributed by atoms with E-state index in [2.05, 4.69) is 50.4 Å². The van der Waals surface area contributed by atoms with Crippen LogP contribution in [0.2, 0.25) is 0 Å². The Balaban J connectivity index is 1.89. The molecule has 1 aliphatic carbocycles. The van der Waals surface area contributed by atoms with Gasteiger partial charge in [0, 0.05) is 12.6 Å². The fourth-order valence-electron chi connectivity index (χ4n) is 3.02. The molecule has 1 saturated carbocycles. The van der Waals surface area contributed by atoms with Gasteiger partial charge in [0.15, 0.2) is 0 Å². The van der Waals surface area contributed by atoms with E-state index in [4.69, 9.17) is 0 Å². The largest absolute Gasteiger partial charge is 0.389 e. The average Bonchev–Trinajstić information content (AvgIpc) is 2.46. The molecule has 0 bridgehead atoms. The lowest BCUT2D eigenvalue weighted by Crippen LogP contribution is -2.42. The first-order chi connectivity index (χ1) is 9.50. The maximum absolute atomic E-state index is 10.5. The summed E-state index contributed by atoms with van der Waals surface area (Å²) in [4.78, 5) is 0. The van der Waals surface area contributed by atoms with Crippen molar-refractivity contribution in [1.82, 2.24) is 5.32 Å². The molecule has 2 nitrogen and oxygen atoms in total. The third-order valence-electron chi connectivity index (χ3n) is 4.62. The molecule has 0 amide bonds. The molecule has 1 aromatic carbocycles. The Morgan fingerprint density at radius 3 is 2.10 bits per heavy atom. The molecule has 2 heteroatoms. The Morgan fingerprint density at radius 1 is 1.00 bits per heavy atom. The third-order valence-corrected chi connectivity index (χ3v) is 4.62. The van der Waals surface area contributed by atoms with Crippen molar-refractivity contribution in [3.05, 3.63) is 35.4 Å². The van der Waals surface area contributed by atoms with Gasteiger partial charge in [-0.05, 0) is 36.8 Å². The summed E-state index contributed by atoms with van der Waals surface area (Å²) < 4.78 is 0. The van der Waals surface area contributed by atoms with Crippen molar-refractivity contribution in [2.75, 3.05) is 6.54 Å². The molecule has 1 aliphatic rings. The standard InChI is InChI=1S/C18H29NO/c1-14(2)16-7-9-17(10-8-16)15(3)19-13-18(20)11-5-4-6-12-18/h7-10,14-15,19-20H,4-6,11-13H2,1-3H3. The van der Waals surface area contributed by atoms with E-state index < -0.39 is 5.60 Å². The van der Waals surface area contributed by atoms with E-state index in [0.717, 1.165) is 25.7 Å². The number of nitrogens with one attached hydrogen (secondary N) is 1. The van der Waals surface area contributed by atoms with Crippen LogP contribution in [-0.4, -0.2) is 17.3 Å². The lowest BCUT2D eigenvalue weighted by atomic mass is 9.84. The smallest absolute Gasteiger partial charge is 0.0771 e. The van der Waals surface area contributed by atoms with Crippen molar-refractivity contribution in [1.29, 1.82) is 0 Å².